The molecule has 0 aromatic carbocycles. The summed E-state index contributed by atoms with van der Waals surface area (Å²) in [5.74, 6) is 0. The second-order valence-electron chi connectivity index (χ2n) is 6.18. The standard InChI is InChI=1S/C6H16P2.C4H10BN2.3CH3.Pd.Sn/c1-7(2)5-6-8(3)4;1-6-3-4-7(2)5-6;;;;;/h5-6H2,1-4H3;3-4H2,1-2H3;3*1H3;;. The summed E-state index contributed by atoms with van der Waals surface area (Å²) in [5.41, 5.74) is 0. The van der Waals surface area contributed by atoms with Gasteiger partial charge in [-0.05, 0) is 66.2 Å². The molecule has 20 heavy (non-hydrogen) atoms. The topological polar surface area (TPSA) is 6.48 Å². The van der Waals surface area contributed by atoms with Gasteiger partial charge < -0.3 is 9.62 Å². The van der Waals surface area contributed by atoms with E-state index in [2.05, 4.69) is 72.7 Å². The van der Waals surface area contributed by atoms with E-state index in [9.17, 15) is 0 Å². The van der Waals surface area contributed by atoms with Crippen LogP contribution >= 0.6 is 15.8 Å². The summed E-state index contributed by atoms with van der Waals surface area (Å²) in [5, 5.41) is 0. The van der Waals surface area contributed by atoms with Crippen LogP contribution in [-0.2, 0) is 20.4 Å². The van der Waals surface area contributed by atoms with Crippen LogP contribution < -0.4 is 0 Å². The second-order valence-corrected chi connectivity index (χ2v) is 20.0. The zero-order valence-electron chi connectivity index (χ0n) is 15.0. The Labute approximate surface area is 153 Å². The maximum Gasteiger partial charge on any atom is 0 e. The molecule has 1 aliphatic rings. The van der Waals surface area contributed by atoms with Gasteiger partial charge in [0.1, 0.15) is 0 Å². The molecule has 124 valence electrons. The number of hydrogen-bond acceptors (Lipinski definition) is 2. The van der Waals surface area contributed by atoms with Gasteiger partial charge in [-0.1, -0.05) is 0 Å². The Morgan fingerprint density at radius 2 is 1.10 bits per heavy atom. The quantitative estimate of drug-likeness (QED) is 0.419. The number of likely N-dealkylation sites (N-methyl/N-ethyl adjacent to an activating group) is 2. The maximum atomic E-state index is 2.36. The first-order valence-electron chi connectivity index (χ1n) is 6.96. The van der Waals surface area contributed by atoms with Crippen molar-refractivity contribution in [3.8, 4) is 0 Å². The summed E-state index contributed by atoms with van der Waals surface area (Å²) in [6.07, 6.45) is 2.96. The molecule has 0 N–H and O–H groups in total. The van der Waals surface area contributed by atoms with Gasteiger partial charge in [-0.25, -0.2) is 0 Å². The van der Waals surface area contributed by atoms with E-state index in [0.29, 0.717) is 15.8 Å². The Hall–Kier alpha value is 2.31. The largest absolute Gasteiger partial charge is 0 e. The van der Waals surface area contributed by atoms with E-state index in [1.54, 1.807) is 0 Å². The number of nitrogens with zero attached hydrogens (tertiary/aromatic N) is 2. The molecule has 0 unspecified atom stereocenters. The fourth-order valence-electron chi connectivity index (χ4n) is 1.17. The van der Waals surface area contributed by atoms with Gasteiger partial charge in [-0.3, -0.25) is 0 Å². The van der Waals surface area contributed by atoms with Crippen LogP contribution in [0.3, 0.4) is 0 Å². The molecular weight excluding hydrogens is 482 g/mol. The molecule has 1 saturated heterocycles. The van der Waals surface area contributed by atoms with Crippen LogP contribution in [0.25, 0.3) is 0 Å². The van der Waals surface area contributed by atoms with E-state index >= 15 is 0 Å². The molecule has 0 aromatic heterocycles. The van der Waals surface area contributed by atoms with E-state index in [1.165, 1.54) is 25.4 Å². The minimum absolute atomic E-state index is 0. The molecule has 0 bridgehead atoms. The Bertz CT molecular complexity index is 182. The Morgan fingerprint density at radius 3 is 1.20 bits per heavy atom. The molecular formula is C13H35BN2P2PdSn. The maximum absolute atomic E-state index is 2.36. The summed E-state index contributed by atoms with van der Waals surface area (Å²) >= 11 is -0.543. The van der Waals surface area contributed by atoms with Gasteiger partial charge >= 0.3 is 42.1 Å². The van der Waals surface area contributed by atoms with Gasteiger partial charge in [0.15, 0.2) is 0 Å². The molecule has 0 aliphatic carbocycles. The summed E-state index contributed by atoms with van der Waals surface area (Å²) in [6, 6.07) is 0. The molecule has 0 saturated carbocycles. The molecule has 0 spiro atoms. The third-order valence-electron chi connectivity index (χ3n) is 2.19. The van der Waals surface area contributed by atoms with Crippen molar-refractivity contribution in [2.24, 2.45) is 0 Å². The first-order chi connectivity index (χ1) is 8.65. The van der Waals surface area contributed by atoms with Crippen molar-refractivity contribution in [2.75, 3.05) is 66.2 Å². The van der Waals surface area contributed by atoms with Gasteiger partial charge in [0.05, 0.1) is 0 Å². The van der Waals surface area contributed by atoms with Crippen LogP contribution in [0.1, 0.15) is 0 Å². The van der Waals surface area contributed by atoms with E-state index in [4.69, 9.17) is 0 Å². The third kappa shape index (κ3) is 28.5. The van der Waals surface area contributed by atoms with Crippen LogP contribution in [-0.4, -0.2) is 103 Å². The van der Waals surface area contributed by atoms with Gasteiger partial charge in [0.25, 0.3) is 0 Å². The second kappa shape index (κ2) is 17.7. The van der Waals surface area contributed by atoms with Crippen molar-refractivity contribution in [2.45, 2.75) is 14.8 Å². The van der Waals surface area contributed by atoms with E-state index in [-0.39, 0.29) is 20.4 Å². The first kappa shape index (κ1) is 27.2. The minimum atomic E-state index is -0.543. The molecule has 1 aliphatic heterocycles. The van der Waals surface area contributed by atoms with Crippen LogP contribution in [0.5, 0.6) is 0 Å². The Balaban J connectivity index is -0.000000223. The predicted octanol–water partition coefficient (Wildman–Crippen LogP) is 3.24. The summed E-state index contributed by atoms with van der Waals surface area (Å²) < 4.78 is 0. The van der Waals surface area contributed by atoms with E-state index in [1.807, 2.05) is 0 Å². The van der Waals surface area contributed by atoms with E-state index in [0.717, 1.165) is 0 Å². The predicted molar refractivity (Wildman–Crippen MR) is 102 cm³/mol. The third-order valence-corrected chi connectivity index (χ3v) is 4.78. The summed E-state index contributed by atoms with van der Waals surface area (Å²) in [7, 11) is 7.05. The van der Waals surface area contributed by atoms with Crippen molar-refractivity contribution in [1.82, 2.24) is 9.62 Å². The van der Waals surface area contributed by atoms with Crippen LogP contribution in [0.2, 0.25) is 14.8 Å². The fraction of sp³-hybridized carbons (Fsp3) is 1.00. The molecule has 1 rings (SSSR count). The van der Waals surface area contributed by atoms with Gasteiger partial charge in [-0.15, -0.1) is 15.8 Å². The fourth-order valence-corrected chi connectivity index (χ4v) is 4.37. The first-order valence-corrected chi connectivity index (χ1v) is 20.4. The minimum Gasteiger partial charge on any atom is 0 e. The molecule has 0 atom stereocenters. The smallest absolute Gasteiger partial charge is 0 e. The average molecular weight is 517 g/mol. The number of rotatable bonds is 3. The SMILES string of the molecule is CN1[B]N(C)CC1.CP(C)CCP(C)C.[CH3][Sn]([CH3])[CH3].[Pd]. The van der Waals surface area contributed by atoms with Gasteiger partial charge in [0, 0.05) is 20.4 Å². The van der Waals surface area contributed by atoms with Gasteiger partial charge in [0.2, 0.25) is 0 Å². The Morgan fingerprint density at radius 1 is 0.850 bits per heavy atom. The molecule has 7 heteroatoms. The van der Waals surface area contributed by atoms with E-state index < -0.39 is 19.8 Å². The van der Waals surface area contributed by atoms with Crippen LogP contribution in [0.4, 0.5) is 0 Å². The Kier molecular flexibility index (Phi) is 24.0. The van der Waals surface area contributed by atoms with Crippen molar-refractivity contribution in [3.63, 3.8) is 0 Å². The molecule has 2 nitrogen and oxygen atoms in total. The zero-order valence-corrected chi connectivity index (χ0v) is 21.2. The van der Waals surface area contributed by atoms with Crippen molar-refractivity contribution < 1.29 is 20.4 Å². The van der Waals surface area contributed by atoms with Crippen molar-refractivity contribution in [3.05, 3.63) is 0 Å². The molecule has 0 amide bonds. The van der Waals surface area contributed by atoms with Crippen molar-refractivity contribution in [1.29, 1.82) is 0 Å². The zero-order chi connectivity index (χ0) is 15.4. The molecule has 1 fully saturated rings. The number of hydrogen-bond donors (Lipinski definition) is 0. The van der Waals surface area contributed by atoms with Crippen molar-refractivity contribution >= 4 is 43.2 Å². The summed E-state index contributed by atoms with van der Waals surface area (Å²) in [4.78, 5) is 11.5. The molecule has 2 radical (unpaired) electrons. The van der Waals surface area contributed by atoms with Crippen LogP contribution in [0.15, 0.2) is 0 Å². The summed E-state index contributed by atoms with van der Waals surface area (Å²) in [6.45, 7) is 11.8. The monoisotopic (exact) mass is 518 g/mol. The average Bonchev–Trinajstić information content (AvgIpc) is 2.59. The van der Waals surface area contributed by atoms with Gasteiger partial charge in [-0.2, -0.15) is 0 Å². The van der Waals surface area contributed by atoms with Crippen LogP contribution in [0, 0.1) is 0 Å². The molecule has 0 aromatic rings. The molecule has 1 heterocycles. The normalized spacial score (nSPS) is 15.2.